The summed E-state index contributed by atoms with van der Waals surface area (Å²) < 4.78 is 0. The number of hydrogen-bond donors (Lipinski definition) is 2. The molecule has 0 radical (unpaired) electrons. The summed E-state index contributed by atoms with van der Waals surface area (Å²) >= 11 is 1.86. The number of thiophene rings is 1. The number of allylic oxidation sites excluding steroid dienone is 1. The Morgan fingerprint density at radius 1 is 0.880 bits per heavy atom. The molecule has 0 saturated heterocycles. The highest BCUT2D eigenvalue weighted by Gasteiger charge is 2.29. The first kappa shape index (κ1) is 14.5. The van der Waals surface area contributed by atoms with Crippen molar-refractivity contribution in [1.82, 2.24) is 0 Å². The molecule has 2 heterocycles. The minimum atomic E-state index is 0.773. The van der Waals surface area contributed by atoms with Crippen LogP contribution in [0, 0.1) is 0 Å². The monoisotopic (exact) mass is 343 g/mol. The summed E-state index contributed by atoms with van der Waals surface area (Å²) in [6.07, 6.45) is 1.03. The molecule has 122 valence electrons. The van der Waals surface area contributed by atoms with E-state index in [1.54, 1.807) is 0 Å². The molecule has 1 aromatic heterocycles. The molecule has 5 rings (SSSR count). The largest absolute Gasteiger partial charge is 0.399 e. The van der Waals surface area contributed by atoms with Crippen LogP contribution in [0.25, 0.3) is 5.57 Å². The fourth-order valence-corrected chi connectivity index (χ4v) is 4.46. The van der Waals surface area contributed by atoms with Gasteiger partial charge in [-0.2, -0.15) is 0 Å². The van der Waals surface area contributed by atoms with Crippen LogP contribution in [-0.4, -0.2) is 12.3 Å². The molecule has 3 nitrogen and oxygen atoms in total. The summed E-state index contributed by atoms with van der Waals surface area (Å²) in [6, 6.07) is 18.5. The zero-order valence-electron chi connectivity index (χ0n) is 13.6. The smallest absolute Gasteiger partial charge is 0.0690 e. The summed E-state index contributed by atoms with van der Waals surface area (Å²) in [5, 5.41) is 5.58. The molecule has 3 N–H and O–H groups in total. The van der Waals surface area contributed by atoms with Crippen molar-refractivity contribution in [3.63, 3.8) is 0 Å². The van der Waals surface area contributed by atoms with E-state index in [2.05, 4.69) is 41.0 Å². The second-order valence-corrected chi connectivity index (χ2v) is 7.38. The number of nitrogens with one attached hydrogen (secondary N) is 1. The topological polar surface area (TPSA) is 50.4 Å². The number of benzene rings is 2. The predicted molar refractivity (Wildman–Crippen MR) is 107 cm³/mol. The lowest BCUT2D eigenvalue weighted by atomic mass is 10.0. The summed E-state index contributed by atoms with van der Waals surface area (Å²) in [6.45, 7) is 0.819. The van der Waals surface area contributed by atoms with E-state index in [9.17, 15) is 0 Å². The van der Waals surface area contributed by atoms with Gasteiger partial charge in [-0.1, -0.05) is 12.1 Å². The van der Waals surface area contributed by atoms with Gasteiger partial charge in [0.15, 0.2) is 0 Å². The predicted octanol–water partition coefficient (Wildman–Crippen LogP) is 4.89. The third kappa shape index (κ3) is 2.46. The van der Waals surface area contributed by atoms with Gasteiger partial charge in [0.1, 0.15) is 0 Å². The van der Waals surface area contributed by atoms with E-state index in [-0.39, 0.29) is 0 Å². The molecule has 0 fully saturated rings. The van der Waals surface area contributed by atoms with Crippen LogP contribution in [0.15, 0.2) is 70.5 Å². The van der Waals surface area contributed by atoms with Crippen molar-refractivity contribution < 1.29 is 0 Å². The van der Waals surface area contributed by atoms with Crippen molar-refractivity contribution in [1.29, 1.82) is 0 Å². The van der Waals surface area contributed by atoms with Gasteiger partial charge in [0.25, 0.3) is 0 Å². The SMILES string of the molecule is Nc1ccc(Nc2ccc(C3=NCC4=C3Cc3sccc34)cc2)cc1. The maximum atomic E-state index is 5.73. The van der Waals surface area contributed by atoms with Crippen molar-refractivity contribution in [2.75, 3.05) is 17.6 Å². The molecule has 0 bridgehead atoms. The third-order valence-electron chi connectivity index (χ3n) is 4.81. The molecule has 2 aliphatic rings. The van der Waals surface area contributed by atoms with E-state index < -0.39 is 0 Å². The maximum Gasteiger partial charge on any atom is 0.0690 e. The van der Waals surface area contributed by atoms with Crippen LogP contribution in [0.3, 0.4) is 0 Å². The second-order valence-electron chi connectivity index (χ2n) is 6.38. The van der Waals surface area contributed by atoms with E-state index in [1.807, 2.05) is 35.6 Å². The average Bonchev–Trinajstić information content (AvgIpc) is 3.30. The summed E-state index contributed by atoms with van der Waals surface area (Å²) in [5.74, 6) is 0. The number of fused-ring (bicyclic) bond motifs is 2. The summed E-state index contributed by atoms with van der Waals surface area (Å²) in [4.78, 5) is 6.29. The minimum Gasteiger partial charge on any atom is -0.399 e. The maximum absolute atomic E-state index is 5.73. The number of nitrogen functional groups attached to an aromatic ring is 1. The van der Waals surface area contributed by atoms with E-state index in [1.165, 1.54) is 27.2 Å². The van der Waals surface area contributed by atoms with Crippen LogP contribution in [0.1, 0.15) is 16.0 Å². The van der Waals surface area contributed by atoms with E-state index in [4.69, 9.17) is 10.7 Å². The highest BCUT2D eigenvalue weighted by molar-refractivity contribution is 7.10. The van der Waals surface area contributed by atoms with Crippen molar-refractivity contribution >= 4 is 39.7 Å². The first-order valence-electron chi connectivity index (χ1n) is 8.34. The van der Waals surface area contributed by atoms with E-state index in [0.717, 1.165) is 35.7 Å². The van der Waals surface area contributed by atoms with Crippen molar-refractivity contribution in [2.24, 2.45) is 4.99 Å². The Morgan fingerprint density at radius 3 is 2.36 bits per heavy atom. The van der Waals surface area contributed by atoms with Gasteiger partial charge in [-0.25, -0.2) is 0 Å². The van der Waals surface area contributed by atoms with Crippen LogP contribution < -0.4 is 11.1 Å². The number of nitrogens with two attached hydrogens (primary N) is 1. The normalized spacial score (nSPS) is 15.1. The highest BCUT2D eigenvalue weighted by atomic mass is 32.1. The number of hydrogen-bond acceptors (Lipinski definition) is 4. The van der Waals surface area contributed by atoms with Crippen LogP contribution in [0.2, 0.25) is 0 Å². The molecule has 1 aliphatic carbocycles. The van der Waals surface area contributed by atoms with Gasteiger partial charge < -0.3 is 11.1 Å². The van der Waals surface area contributed by atoms with Gasteiger partial charge in [0, 0.05) is 33.9 Å². The average molecular weight is 343 g/mol. The quantitative estimate of drug-likeness (QED) is 0.666. The molecule has 25 heavy (non-hydrogen) atoms. The van der Waals surface area contributed by atoms with Gasteiger partial charge >= 0.3 is 0 Å². The van der Waals surface area contributed by atoms with Gasteiger partial charge in [-0.3, -0.25) is 4.99 Å². The van der Waals surface area contributed by atoms with E-state index in [0.29, 0.717) is 0 Å². The Balaban J connectivity index is 1.38. The third-order valence-corrected chi connectivity index (χ3v) is 5.73. The molecule has 1 aliphatic heterocycles. The number of rotatable bonds is 3. The van der Waals surface area contributed by atoms with E-state index >= 15 is 0 Å². The van der Waals surface area contributed by atoms with Crippen LogP contribution in [-0.2, 0) is 6.42 Å². The molecule has 4 heteroatoms. The fraction of sp³-hybridized carbons (Fsp3) is 0.0952. The zero-order valence-corrected chi connectivity index (χ0v) is 14.4. The lowest BCUT2D eigenvalue weighted by molar-refractivity contribution is 1.27. The molecule has 0 spiro atoms. The second kappa shape index (κ2) is 5.60. The molecule has 0 amide bonds. The Hall–Kier alpha value is -2.85. The molecule has 0 saturated carbocycles. The molecule has 0 atom stereocenters. The minimum absolute atomic E-state index is 0.773. The van der Waals surface area contributed by atoms with Gasteiger partial charge in [-0.05, 0) is 64.6 Å². The lowest BCUT2D eigenvalue weighted by Crippen LogP contribution is -2.03. The zero-order chi connectivity index (χ0) is 16.8. The Morgan fingerprint density at radius 2 is 1.60 bits per heavy atom. The lowest BCUT2D eigenvalue weighted by Gasteiger charge is -2.09. The van der Waals surface area contributed by atoms with Crippen LogP contribution in [0.5, 0.6) is 0 Å². The van der Waals surface area contributed by atoms with Gasteiger partial charge in [0.05, 0.1) is 12.3 Å². The number of anilines is 3. The summed E-state index contributed by atoms with van der Waals surface area (Å²) in [7, 11) is 0. The van der Waals surface area contributed by atoms with Crippen LogP contribution >= 0.6 is 11.3 Å². The first-order valence-corrected chi connectivity index (χ1v) is 9.22. The Labute approximate surface area is 150 Å². The summed E-state index contributed by atoms with van der Waals surface area (Å²) in [5.41, 5.74) is 15.2. The molecular weight excluding hydrogens is 326 g/mol. The van der Waals surface area contributed by atoms with Gasteiger partial charge in [-0.15, -0.1) is 11.3 Å². The Kier molecular flexibility index (Phi) is 3.25. The first-order chi connectivity index (χ1) is 12.3. The standard InChI is InChI=1S/C21H17N3S/c22-14-3-7-16(8-4-14)24-15-5-1-13(2-6-15)21-18-11-20-17(9-10-25-20)19(18)12-23-21/h1-10,24H,11-12,22H2. The molecule has 0 unspecified atom stereocenters. The Bertz CT molecular complexity index is 1010. The molecule has 3 aromatic rings. The van der Waals surface area contributed by atoms with Crippen LogP contribution in [0.4, 0.5) is 17.1 Å². The number of aliphatic imine (C=N–C) groups is 1. The van der Waals surface area contributed by atoms with Crippen molar-refractivity contribution in [3.05, 3.63) is 81.6 Å². The van der Waals surface area contributed by atoms with Crippen molar-refractivity contribution in [3.8, 4) is 0 Å². The molecular formula is C21H17N3S. The fourth-order valence-electron chi connectivity index (χ4n) is 3.55. The van der Waals surface area contributed by atoms with Gasteiger partial charge in [0.2, 0.25) is 0 Å². The van der Waals surface area contributed by atoms with Crippen molar-refractivity contribution in [2.45, 2.75) is 6.42 Å². The highest BCUT2D eigenvalue weighted by Crippen LogP contribution is 2.41. The number of nitrogens with zero attached hydrogens (tertiary/aromatic N) is 1. The molecule has 2 aromatic carbocycles.